The van der Waals surface area contributed by atoms with E-state index < -0.39 is 56.2 Å². The number of nitrogens with zero attached hydrogens (tertiary/aromatic N) is 2. The van der Waals surface area contributed by atoms with Crippen LogP contribution in [0.3, 0.4) is 0 Å². The summed E-state index contributed by atoms with van der Waals surface area (Å²) in [5.41, 5.74) is 5.33. The SMILES string of the molecule is CCOC(=O)N1CCN(S(=O)(=O)c2cc(F)c(Oc3ccc(F)cc3)c(F)c2)[C@@H](C(N)=O)C1. The Hall–Kier alpha value is -3.32. The molecule has 0 bridgehead atoms. The predicted molar refractivity (Wildman–Crippen MR) is 108 cm³/mol. The van der Waals surface area contributed by atoms with Gasteiger partial charge in [-0.25, -0.2) is 26.4 Å². The summed E-state index contributed by atoms with van der Waals surface area (Å²) in [5, 5.41) is 0. The lowest BCUT2D eigenvalue weighted by Crippen LogP contribution is -2.60. The minimum absolute atomic E-state index is 0.0729. The molecule has 0 unspecified atom stereocenters. The van der Waals surface area contributed by atoms with Gasteiger partial charge in [-0.05, 0) is 43.3 Å². The van der Waals surface area contributed by atoms with E-state index in [0.29, 0.717) is 16.4 Å². The van der Waals surface area contributed by atoms with Gasteiger partial charge in [-0.3, -0.25) is 4.79 Å². The van der Waals surface area contributed by atoms with Crippen molar-refractivity contribution in [3.8, 4) is 11.5 Å². The lowest BCUT2D eigenvalue weighted by molar-refractivity contribution is -0.123. The molecule has 3 rings (SSSR count). The van der Waals surface area contributed by atoms with Crippen molar-refractivity contribution in [1.82, 2.24) is 9.21 Å². The van der Waals surface area contributed by atoms with Crippen molar-refractivity contribution in [3.05, 3.63) is 53.8 Å². The summed E-state index contributed by atoms with van der Waals surface area (Å²) in [6, 6.07) is 3.90. The third-order valence-corrected chi connectivity index (χ3v) is 6.68. The van der Waals surface area contributed by atoms with Crippen LogP contribution >= 0.6 is 0 Å². The zero-order chi connectivity index (χ0) is 24.3. The number of carbonyl (C=O) groups excluding carboxylic acids is 2. The second kappa shape index (κ2) is 9.67. The van der Waals surface area contributed by atoms with Crippen molar-refractivity contribution in [2.75, 3.05) is 26.2 Å². The Morgan fingerprint density at radius 2 is 1.70 bits per heavy atom. The third kappa shape index (κ3) is 5.20. The Morgan fingerprint density at radius 1 is 1.09 bits per heavy atom. The Morgan fingerprint density at radius 3 is 2.24 bits per heavy atom. The first kappa shape index (κ1) is 24.3. The van der Waals surface area contributed by atoms with Crippen molar-refractivity contribution in [1.29, 1.82) is 0 Å². The van der Waals surface area contributed by atoms with Gasteiger partial charge in [-0.15, -0.1) is 0 Å². The summed E-state index contributed by atoms with van der Waals surface area (Å²) in [4.78, 5) is 24.2. The van der Waals surface area contributed by atoms with Gasteiger partial charge in [0.05, 0.1) is 11.5 Å². The summed E-state index contributed by atoms with van der Waals surface area (Å²) in [6.07, 6.45) is -0.750. The second-order valence-corrected chi connectivity index (χ2v) is 8.84. The first-order valence-electron chi connectivity index (χ1n) is 9.70. The van der Waals surface area contributed by atoms with Crippen LogP contribution in [-0.2, 0) is 19.6 Å². The fourth-order valence-electron chi connectivity index (χ4n) is 3.21. The Kier molecular flexibility index (Phi) is 7.12. The van der Waals surface area contributed by atoms with Gasteiger partial charge in [0, 0.05) is 19.6 Å². The highest BCUT2D eigenvalue weighted by molar-refractivity contribution is 7.89. The Bertz CT molecular complexity index is 1140. The second-order valence-electron chi connectivity index (χ2n) is 6.95. The summed E-state index contributed by atoms with van der Waals surface area (Å²) in [6.45, 7) is 0.786. The number of nitrogens with two attached hydrogens (primary N) is 1. The van der Waals surface area contributed by atoms with E-state index >= 15 is 0 Å². The Balaban J connectivity index is 1.89. The van der Waals surface area contributed by atoms with Gasteiger partial charge in [0.15, 0.2) is 17.4 Å². The highest BCUT2D eigenvalue weighted by Gasteiger charge is 2.41. The van der Waals surface area contributed by atoms with E-state index in [9.17, 15) is 31.2 Å². The van der Waals surface area contributed by atoms with E-state index in [-0.39, 0.29) is 32.0 Å². The first-order chi connectivity index (χ1) is 15.5. The largest absolute Gasteiger partial charge is 0.451 e. The molecule has 2 amide bonds. The van der Waals surface area contributed by atoms with Crippen LogP contribution < -0.4 is 10.5 Å². The molecule has 2 aromatic rings. The van der Waals surface area contributed by atoms with Gasteiger partial charge in [-0.1, -0.05) is 0 Å². The smallest absolute Gasteiger partial charge is 0.409 e. The van der Waals surface area contributed by atoms with E-state index in [1.807, 2.05) is 0 Å². The molecule has 13 heteroatoms. The van der Waals surface area contributed by atoms with E-state index in [0.717, 1.165) is 29.2 Å². The number of hydrogen-bond donors (Lipinski definition) is 1. The van der Waals surface area contributed by atoms with Crippen LogP contribution in [0.1, 0.15) is 6.92 Å². The fourth-order valence-corrected chi connectivity index (χ4v) is 4.81. The first-order valence-corrected chi connectivity index (χ1v) is 11.1. The molecule has 1 atom stereocenters. The standard InChI is InChI=1S/C20H20F3N3O6S/c1-2-31-20(28)25-7-8-26(17(11-25)19(24)27)33(29,30)14-9-15(22)18(16(23)10-14)32-13-5-3-12(21)4-6-13/h3-6,9-10,17H,2,7-8,11H2,1H3,(H2,24,27)/t17-/m1/s1. The molecule has 1 aliphatic heterocycles. The normalized spacial score (nSPS) is 17.0. The molecule has 178 valence electrons. The molecule has 2 aromatic carbocycles. The molecular formula is C20H20F3N3O6S. The summed E-state index contributed by atoms with van der Waals surface area (Å²) >= 11 is 0. The molecular weight excluding hydrogens is 467 g/mol. The van der Waals surface area contributed by atoms with Gasteiger partial charge in [0.1, 0.15) is 17.6 Å². The molecule has 0 aliphatic carbocycles. The number of benzene rings is 2. The van der Waals surface area contributed by atoms with E-state index in [4.69, 9.17) is 15.2 Å². The number of primary amides is 1. The molecule has 1 aliphatic rings. The average molecular weight is 487 g/mol. The van der Waals surface area contributed by atoms with Crippen molar-refractivity contribution < 1.29 is 40.7 Å². The maximum absolute atomic E-state index is 14.6. The number of carbonyl (C=O) groups is 2. The number of piperazine rings is 1. The zero-order valence-electron chi connectivity index (χ0n) is 17.3. The third-order valence-electron chi connectivity index (χ3n) is 4.80. The molecule has 0 saturated carbocycles. The maximum Gasteiger partial charge on any atom is 0.409 e. The number of rotatable bonds is 6. The summed E-state index contributed by atoms with van der Waals surface area (Å²) in [5.74, 6) is -5.27. The number of amides is 2. The van der Waals surface area contributed by atoms with E-state index in [1.165, 1.54) is 0 Å². The number of sulfonamides is 1. The number of hydrogen-bond acceptors (Lipinski definition) is 6. The minimum Gasteiger partial charge on any atom is -0.451 e. The van der Waals surface area contributed by atoms with Crippen LogP contribution in [0, 0.1) is 17.5 Å². The van der Waals surface area contributed by atoms with Crippen molar-refractivity contribution in [2.24, 2.45) is 5.73 Å². The molecule has 9 nitrogen and oxygen atoms in total. The number of ether oxygens (including phenoxy) is 2. The minimum atomic E-state index is -4.59. The lowest BCUT2D eigenvalue weighted by Gasteiger charge is -2.38. The molecule has 1 fully saturated rings. The molecule has 1 saturated heterocycles. The van der Waals surface area contributed by atoms with Gasteiger partial charge in [0.2, 0.25) is 15.9 Å². The predicted octanol–water partition coefficient (Wildman–Crippen LogP) is 2.21. The summed E-state index contributed by atoms with van der Waals surface area (Å²) in [7, 11) is -4.59. The molecule has 0 aromatic heterocycles. The van der Waals surface area contributed by atoms with Gasteiger partial charge < -0.3 is 20.1 Å². The van der Waals surface area contributed by atoms with Crippen LogP contribution in [0.2, 0.25) is 0 Å². The van der Waals surface area contributed by atoms with E-state index in [2.05, 4.69) is 0 Å². The van der Waals surface area contributed by atoms with Gasteiger partial charge >= 0.3 is 6.09 Å². The quantitative estimate of drug-likeness (QED) is 0.667. The average Bonchev–Trinajstić information content (AvgIpc) is 2.77. The molecule has 33 heavy (non-hydrogen) atoms. The van der Waals surface area contributed by atoms with Crippen molar-refractivity contribution in [3.63, 3.8) is 0 Å². The van der Waals surface area contributed by atoms with Crippen LogP contribution in [0.25, 0.3) is 0 Å². The Labute approximate surface area is 187 Å². The maximum atomic E-state index is 14.6. The van der Waals surface area contributed by atoms with Crippen LogP contribution in [0.4, 0.5) is 18.0 Å². The summed E-state index contributed by atoms with van der Waals surface area (Å²) < 4.78 is 79.0. The van der Waals surface area contributed by atoms with Crippen LogP contribution in [0.5, 0.6) is 11.5 Å². The van der Waals surface area contributed by atoms with Crippen molar-refractivity contribution in [2.45, 2.75) is 17.9 Å². The topological polar surface area (TPSA) is 119 Å². The monoisotopic (exact) mass is 487 g/mol. The molecule has 1 heterocycles. The highest BCUT2D eigenvalue weighted by atomic mass is 32.2. The van der Waals surface area contributed by atoms with Crippen LogP contribution in [-0.4, -0.2) is 61.9 Å². The molecule has 2 N–H and O–H groups in total. The van der Waals surface area contributed by atoms with Crippen LogP contribution in [0.15, 0.2) is 41.3 Å². The lowest BCUT2D eigenvalue weighted by atomic mass is 10.2. The van der Waals surface area contributed by atoms with Gasteiger partial charge in [0.25, 0.3) is 0 Å². The molecule has 0 radical (unpaired) electrons. The van der Waals surface area contributed by atoms with Gasteiger partial charge in [-0.2, -0.15) is 4.31 Å². The molecule has 0 spiro atoms. The van der Waals surface area contributed by atoms with E-state index in [1.54, 1.807) is 6.92 Å². The van der Waals surface area contributed by atoms with Crippen molar-refractivity contribution >= 4 is 22.0 Å². The fraction of sp³-hybridized carbons (Fsp3) is 0.300. The highest BCUT2D eigenvalue weighted by Crippen LogP contribution is 2.32. The zero-order valence-corrected chi connectivity index (χ0v) is 18.1. The number of halogens is 3.